The van der Waals surface area contributed by atoms with E-state index in [0.717, 1.165) is 25.2 Å². The molecule has 3 nitrogen and oxygen atoms in total. The SMILES string of the molecule is CC(N)c1cccc(F)c1OCCN1CCCC1. The van der Waals surface area contributed by atoms with Crippen LogP contribution in [0.2, 0.25) is 0 Å². The van der Waals surface area contributed by atoms with Crippen LogP contribution in [0.25, 0.3) is 0 Å². The fourth-order valence-electron chi connectivity index (χ4n) is 2.32. The number of ether oxygens (including phenoxy) is 1. The maximum absolute atomic E-state index is 13.7. The average molecular weight is 252 g/mol. The van der Waals surface area contributed by atoms with Crippen molar-refractivity contribution < 1.29 is 9.13 Å². The molecule has 0 spiro atoms. The lowest BCUT2D eigenvalue weighted by atomic mass is 10.1. The lowest BCUT2D eigenvalue weighted by molar-refractivity contribution is 0.229. The predicted octanol–water partition coefficient (Wildman–Crippen LogP) is 2.32. The highest BCUT2D eigenvalue weighted by Gasteiger charge is 2.15. The van der Waals surface area contributed by atoms with E-state index in [1.807, 2.05) is 13.0 Å². The van der Waals surface area contributed by atoms with E-state index in [1.165, 1.54) is 18.9 Å². The third kappa shape index (κ3) is 3.21. The first-order chi connectivity index (χ1) is 8.68. The first kappa shape index (κ1) is 13.3. The van der Waals surface area contributed by atoms with Crippen molar-refractivity contribution in [3.8, 4) is 5.75 Å². The Morgan fingerprint density at radius 2 is 2.11 bits per heavy atom. The molecule has 1 aliphatic heterocycles. The van der Waals surface area contributed by atoms with Crippen molar-refractivity contribution >= 4 is 0 Å². The summed E-state index contributed by atoms with van der Waals surface area (Å²) in [5, 5.41) is 0. The Balaban J connectivity index is 1.95. The Hall–Kier alpha value is -1.13. The van der Waals surface area contributed by atoms with Crippen molar-refractivity contribution in [2.45, 2.75) is 25.8 Å². The Labute approximate surface area is 108 Å². The minimum atomic E-state index is -0.328. The van der Waals surface area contributed by atoms with E-state index in [2.05, 4.69) is 4.90 Å². The molecule has 1 atom stereocenters. The highest BCUT2D eigenvalue weighted by Crippen LogP contribution is 2.26. The summed E-state index contributed by atoms with van der Waals surface area (Å²) in [4.78, 5) is 2.34. The molecule has 0 saturated carbocycles. The molecule has 2 rings (SSSR count). The largest absolute Gasteiger partial charge is 0.489 e. The van der Waals surface area contributed by atoms with Gasteiger partial charge < -0.3 is 10.5 Å². The van der Waals surface area contributed by atoms with Crippen LogP contribution in [0, 0.1) is 5.82 Å². The normalized spacial score (nSPS) is 17.9. The Kier molecular flexibility index (Phi) is 4.55. The zero-order chi connectivity index (χ0) is 13.0. The number of hydrogen-bond donors (Lipinski definition) is 1. The van der Waals surface area contributed by atoms with Crippen LogP contribution in [-0.2, 0) is 0 Å². The van der Waals surface area contributed by atoms with Crippen LogP contribution in [0.3, 0.4) is 0 Å². The van der Waals surface area contributed by atoms with Crippen molar-refractivity contribution in [3.63, 3.8) is 0 Å². The van der Waals surface area contributed by atoms with Gasteiger partial charge in [-0.2, -0.15) is 0 Å². The van der Waals surface area contributed by atoms with Gasteiger partial charge in [-0.05, 0) is 38.9 Å². The van der Waals surface area contributed by atoms with E-state index in [0.29, 0.717) is 12.4 Å². The van der Waals surface area contributed by atoms with E-state index < -0.39 is 0 Å². The molecule has 0 aromatic heterocycles. The molecule has 1 saturated heterocycles. The molecule has 1 aromatic carbocycles. The number of halogens is 1. The summed E-state index contributed by atoms with van der Waals surface area (Å²) in [6, 6.07) is 4.68. The second kappa shape index (κ2) is 6.16. The summed E-state index contributed by atoms with van der Waals surface area (Å²) in [6.07, 6.45) is 2.51. The molecular weight excluding hydrogens is 231 g/mol. The van der Waals surface area contributed by atoms with Gasteiger partial charge in [0.05, 0.1) is 0 Å². The van der Waals surface area contributed by atoms with Crippen LogP contribution in [0.5, 0.6) is 5.75 Å². The van der Waals surface area contributed by atoms with Crippen LogP contribution in [0.4, 0.5) is 4.39 Å². The summed E-state index contributed by atoms with van der Waals surface area (Å²) < 4.78 is 19.3. The first-order valence-corrected chi connectivity index (χ1v) is 6.57. The molecule has 1 unspecified atom stereocenters. The van der Waals surface area contributed by atoms with E-state index in [4.69, 9.17) is 10.5 Å². The molecule has 100 valence electrons. The summed E-state index contributed by atoms with van der Waals surface area (Å²) in [7, 11) is 0. The number of rotatable bonds is 5. The fraction of sp³-hybridized carbons (Fsp3) is 0.571. The minimum Gasteiger partial charge on any atom is -0.489 e. The van der Waals surface area contributed by atoms with Gasteiger partial charge in [-0.1, -0.05) is 12.1 Å². The Bertz CT molecular complexity index is 389. The average Bonchev–Trinajstić information content (AvgIpc) is 2.84. The zero-order valence-corrected chi connectivity index (χ0v) is 10.9. The zero-order valence-electron chi connectivity index (χ0n) is 10.9. The third-order valence-electron chi connectivity index (χ3n) is 3.34. The summed E-state index contributed by atoms with van der Waals surface area (Å²) in [5.74, 6) is -0.0158. The molecule has 18 heavy (non-hydrogen) atoms. The third-order valence-corrected chi connectivity index (χ3v) is 3.34. The number of para-hydroxylation sites is 1. The number of hydrogen-bond acceptors (Lipinski definition) is 3. The Morgan fingerprint density at radius 1 is 1.39 bits per heavy atom. The van der Waals surface area contributed by atoms with Gasteiger partial charge in [0.15, 0.2) is 11.6 Å². The Morgan fingerprint density at radius 3 is 2.78 bits per heavy atom. The van der Waals surface area contributed by atoms with E-state index in [1.54, 1.807) is 6.07 Å². The van der Waals surface area contributed by atoms with Crippen molar-refractivity contribution in [2.75, 3.05) is 26.2 Å². The van der Waals surface area contributed by atoms with Crippen LogP contribution < -0.4 is 10.5 Å². The number of nitrogens with zero attached hydrogens (tertiary/aromatic N) is 1. The molecule has 4 heteroatoms. The van der Waals surface area contributed by atoms with Gasteiger partial charge in [-0.25, -0.2) is 4.39 Å². The van der Waals surface area contributed by atoms with Gasteiger partial charge in [0, 0.05) is 18.2 Å². The van der Waals surface area contributed by atoms with E-state index >= 15 is 0 Å². The molecule has 1 aromatic rings. The van der Waals surface area contributed by atoms with E-state index in [-0.39, 0.29) is 11.9 Å². The molecule has 0 bridgehead atoms. The predicted molar refractivity (Wildman–Crippen MR) is 70.2 cm³/mol. The summed E-state index contributed by atoms with van der Waals surface area (Å²) >= 11 is 0. The van der Waals surface area contributed by atoms with Crippen LogP contribution in [0.15, 0.2) is 18.2 Å². The molecule has 0 radical (unpaired) electrons. The number of benzene rings is 1. The second-order valence-corrected chi connectivity index (χ2v) is 4.84. The number of nitrogens with two attached hydrogens (primary N) is 1. The number of likely N-dealkylation sites (tertiary alicyclic amines) is 1. The molecular formula is C14H21FN2O. The van der Waals surface area contributed by atoms with Crippen molar-refractivity contribution in [3.05, 3.63) is 29.6 Å². The first-order valence-electron chi connectivity index (χ1n) is 6.57. The van der Waals surface area contributed by atoms with Gasteiger partial charge in [-0.15, -0.1) is 0 Å². The standard InChI is InChI=1S/C14H21FN2O/c1-11(16)12-5-4-6-13(15)14(12)18-10-9-17-7-2-3-8-17/h4-6,11H,2-3,7-10,16H2,1H3. The molecule has 0 aliphatic carbocycles. The van der Waals surface area contributed by atoms with Crippen molar-refractivity contribution in [1.29, 1.82) is 0 Å². The molecule has 1 fully saturated rings. The summed E-state index contributed by atoms with van der Waals surface area (Å²) in [6.45, 7) is 5.46. The lowest BCUT2D eigenvalue weighted by Gasteiger charge is -2.18. The lowest BCUT2D eigenvalue weighted by Crippen LogP contribution is -2.25. The van der Waals surface area contributed by atoms with Gasteiger partial charge in [0.2, 0.25) is 0 Å². The topological polar surface area (TPSA) is 38.5 Å². The van der Waals surface area contributed by atoms with Gasteiger partial charge in [-0.3, -0.25) is 4.90 Å². The molecule has 1 heterocycles. The smallest absolute Gasteiger partial charge is 0.165 e. The van der Waals surface area contributed by atoms with Crippen LogP contribution in [0.1, 0.15) is 31.4 Å². The minimum absolute atomic E-state index is 0.220. The summed E-state index contributed by atoms with van der Waals surface area (Å²) in [5.41, 5.74) is 6.55. The van der Waals surface area contributed by atoms with Crippen molar-refractivity contribution in [1.82, 2.24) is 4.90 Å². The molecule has 0 amide bonds. The maximum atomic E-state index is 13.7. The monoisotopic (exact) mass is 252 g/mol. The quantitative estimate of drug-likeness (QED) is 0.874. The highest BCUT2D eigenvalue weighted by molar-refractivity contribution is 5.36. The molecule has 2 N–H and O–H groups in total. The molecule has 1 aliphatic rings. The van der Waals surface area contributed by atoms with Gasteiger partial charge in [0.1, 0.15) is 6.61 Å². The van der Waals surface area contributed by atoms with Crippen LogP contribution in [-0.4, -0.2) is 31.1 Å². The maximum Gasteiger partial charge on any atom is 0.165 e. The van der Waals surface area contributed by atoms with Crippen LogP contribution >= 0.6 is 0 Å². The fourth-order valence-corrected chi connectivity index (χ4v) is 2.32. The van der Waals surface area contributed by atoms with E-state index in [9.17, 15) is 4.39 Å². The second-order valence-electron chi connectivity index (χ2n) is 4.84. The van der Waals surface area contributed by atoms with Gasteiger partial charge >= 0.3 is 0 Å². The van der Waals surface area contributed by atoms with Crippen molar-refractivity contribution in [2.24, 2.45) is 5.73 Å². The van der Waals surface area contributed by atoms with Gasteiger partial charge in [0.25, 0.3) is 0 Å². The highest BCUT2D eigenvalue weighted by atomic mass is 19.1.